The van der Waals surface area contributed by atoms with Gasteiger partial charge in [-0.15, -0.1) is 11.3 Å². The lowest BCUT2D eigenvalue weighted by Crippen LogP contribution is -1.82. The van der Waals surface area contributed by atoms with E-state index in [1.165, 1.54) is 53.6 Å². The highest BCUT2D eigenvalue weighted by Gasteiger charge is 2.07. The van der Waals surface area contributed by atoms with Gasteiger partial charge in [-0.2, -0.15) is 0 Å². The molecule has 5 aromatic carbocycles. The van der Waals surface area contributed by atoms with Crippen molar-refractivity contribution in [1.29, 1.82) is 0 Å². The molecule has 0 amide bonds. The maximum atomic E-state index is 2.33. The van der Waals surface area contributed by atoms with Crippen molar-refractivity contribution in [2.24, 2.45) is 0 Å². The van der Waals surface area contributed by atoms with Crippen molar-refractivity contribution in [3.8, 4) is 33.4 Å². The molecule has 1 heteroatoms. The van der Waals surface area contributed by atoms with Gasteiger partial charge in [-0.25, -0.2) is 0 Å². The van der Waals surface area contributed by atoms with Crippen LogP contribution in [0.1, 0.15) is 0 Å². The summed E-state index contributed by atoms with van der Waals surface area (Å²) in [6.45, 7) is 0. The number of hydrogen-bond donors (Lipinski definition) is 0. The lowest BCUT2D eigenvalue weighted by atomic mass is 9.97. The van der Waals surface area contributed by atoms with E-state index >= 15 is 0 Å². The smallest absolute Gasteiger partial charge is 0.0355 e. The number of benzene rings is 5. The first-order chi connectivity index (χ1) is 15.3. The molecule has 0 radical (unpaired) electrons. The largest absolute Gasteiger partial charge is 0.135 e. The molecule has 0 aliphatic rings. The second-order valence-corrected chi connectivity index (χ2v) is 8.91. The zero-order valence-electron chi connectivity index (χ0n) is 17.0. The Balaban J connectivity index is 1.32. The quantitative estimate of drug-likeness (QED) is 0.272. The van der Waals surface area contributed by atoms with Gasteiger partial charge in [0.05, 0.1) is 0 Å². The van der Waals surface area contributed by atoms with Gasteiger partial charge in [-0.05, 0) is 51.6 Å². The fraction of sp³-hybridized carbons (Fsp3) is 0. The molecule has 146 valence electrons. The molecule has 0 nitrogen and oxygen atoms in total. The molecule has 1 heterocycles. The first-order valence-electron chi connectivity index (χ1n) is 10.5. The first kappa shape index (κ1) is 18.1. The molecule has 0 saturated carbocycles. The van der Waals surface area contributed by atoms with E-state index in [9.17, 15) is 0 Å². The standard InChI is InChI=1S/C30H20S/c1-2-6-21(7-3-1)22-10-12-23(13-11-22)24-14-16-25(17-15-24)26-18-19-30-28(20-26)27-8-4-5-9-29(27)31-30/h1-20H. The average Bonchev–Trinajstić information content (AvgIpc) is 3.23. The van der Waals surface area contributed by atoms with E-state index in [4.69, 9.17) is 0 Å². The van der Waals surface area contributed by atoms with E-state index in [-0.39, 0.29) is 0 Å². The Bertz CT molecular complexity index is 1490. The van der Waals surface area contributed by atoms with Crippen LogP contribution in [0.15, 0.2) is 121 Å². The van der Waals surface area contributed by atoms with E-state index in [1.54, 1.807) is 0 Å². The molecule has 0 spiro atoms. The molecule has 0 fully saturated rings. The minimum Gasteiger partial charge on any atom is -0.135 e. The van der Waals surface area contributed by atoms with Gasteiger partial charge in [-0.3, -0.25) is 0 Å². The summed E-state index contributed by atoms with van der Waals surface area (Å²) < 4.78 is 2.70. The molecule has 0 aliphatic heterocycles. The van der Waals surface area contributed by atoms with E-state index in [0.29, 0.717) is 0 Å². The zero-order valence-corrected chi connectivity index (χ0v) is 17.8. The van der Waals surface area contributed by atoms with Crippen molar-refractivity contribution in [3.63, 3.8) is 0 Å². The third kappa shape index (κ3) is 3.34. The molecule has 0 unspecified atom stereocenters. The van der Waals surface area contributed by atoms with Crippen LogP contribution in [0.25, 0.3) is 53.6 Å². The predicted molar refractivity (Wildman–Crippen MR) is 136 cm³/mol. The molecule has 6 aromatic rings. The van der Waals surface area contributed by atoms with Gasteiger partial charge >= 0.3 is 0 Å². The van der Waals surface area contributed by atoms with Crippen LogP contribution < -0.4 is 0 Å². The fourth-order valence-electron chi connectivity index (χ4n) is 4.25. The van der Waals surface area contributed by atoms with E-state index in [0.717, 1.165) is 0 Å². The second-order valence-electron chi connectivity index (χ2n) is 7.83. The Hall–Kier alpha value is -3.68. The molecule has 0 atom stereocenters. The average molecular weight is 413 g/mol. The van der Waals surface area contributed by atoms with Gasteiger partial charge in [0.15, 0.2) is 0 Å². The second kappa shape index (κ2) is 7.54. The molecule has 0 aliphatic carbocycles. The Morgan fingerprint density at radius 1 is 0.323 bits per heavy atom. The summed E-state index contributed by atoms with van der Waals surface area (Å²) in [4.78, 5) is 0. The molecule has 1 aromatic heterocycles. The maximum absolute atomic E-state index is 2.33. The summed E-state index contributed by atoms with van der Waals surface area (Å²) in [6.07, 6.45) is 0. The SMILES string of the molecule is c1ccc(-c2ccc(-c3ccc(-c4ccc5sc6ccccc6c5c4)cc3)cc2)cc1. The summed E-state index contributed by atoms with van der Waals surface area (Å²) in [6, 6.07) is 43.7. The summed E-state index contributed by atoms with van der Waals surface area (Å²) in [5, 5.41) is 2.69. The summed E-state index contributed by atoms with van der Waals surface area (Å²) >= 11 is 1.86. The van der Waals surface area contributed by atoms with Gasteiger partial charge in [0.2, 0.25) is 0 Å². The van der Waals surface area contributed by atoms with Crippen LogP contribution >= 0.6 is 11.3 Å². The lowest BCUT2D eigenvalue weighted by molar-refractivity contribution is 1.58. The van der Waals surface area contributed by atoms with Gasteiger partial charge in [0.25, 0.3) is 0 Å². The van der Waals surface area contributed by atoms with E-state index in [2.05, 4.69) is 121 Å². The Morgan fingerprint density at radius 3 is 1.42 bits per heavy atom. The van der Waals surface area contributed by atoms with Gasteiger partial charge in [0.1, 0.15) is 0 Å². The van der Waals surface area contributed by atoms with Crippen molar-refractivity contribution in [3.05, 3.63) is 121 Å². The van der Waals surface area contributed by atoms with Crippen molar-refractivity contribution in [2.75, 3.05) is 0 Å². The maximum Gasteiger partial charge on any atom is 0.0355 e. The normalized spacial score (nSPS) is 11.2. The van der Waals surface area contributed by atoms with Crippen LogP contribution in [0.2, 0.25) is 0 Å². The molecule has 6 rings (SSSR count). The third-order valence-corrected chi connectivity index (χ3v) is 7.07. The molecular weight excluding hydrogens is 392 g/mol. The first-order valence-corrected chi connectivity index (χ1v) is 11.3. The number of thiophene rings is 1. The van der Waals surface area contributed by atoms with Crippen LogP contribution in [0, 0.1) is 0 Å². The predicted octanol–water partition coefficient (Wildman–Crippen LogP) is 9.06. The number of fused-ring (bicyclic) bond motifs is 3. The molecule has 0 bridgehead atoms. The molecule has 0 saturated heterocycles. The minimum atomic E-state index is 1.24. The van der Waals surface area contributed by atoms with E-state index < -0.39 is 0 Å². The zero-order chi connectivity index (χ0) is 20.6. The van der Waals surface area contributed by atoms with Gasteiger partial charge in [0, 0.05) is 20.2 Å². The van der Waals surface area contributed by atoms with Gasteiger partial charge < -0.3 is 0 Å². The monoisotopic (exact) mass is 412 g/mol. The minimum absolute atomic E-state index is 1.24. The van der Waals surface area contributed by atoms with Crippen molar-refractivity contribution >= 4 is 31.5 Å². The molecular formula is C30H20S. The highest BCUT2D eigenvalue weighted by Crippen LogP contribution is 2.36. The topological polar surface area (TPSA) is 0 Å². The number of hydrogen-bond acceptors (Lipinski definition) is 1. The molecule has 0 N–H and O–H groups in total. The van der Waals surface area contributed by atoms with Crippen LogP contribution in [0.3, 0.4) is 0 Å². The Labute approximate surface area is 186 Å². The molecule has 31 heavy (non-hydrogen) atoms. The number of rotatable bonds is 3. The Kier molecular flexibility index (Phi) is 4.40. The lowest BCUT2D eigenvalue weighted by Gasteiger charge is -2.07. The summed E-state index contributed by atoms with van der Waals surface area (Å²) in [7, 11) is 0. The van der Waals surface area contributed by atoms with E-state index in [1.807, 2.05) is 11.3 Å². The Morgan fingerprint density at radius 2 is 0.774 bits per heavy atom. The van der Waals surface area contributed by atoms with Crippen LogP contribution in [-0.2, 0) is 0 Å². The summed E-state index contributed by atoms with van der Waals surface area (Å²) in [5.41, 5.74) is 7.50. The van der Waals surface area contributed by atoms with Crippen LogP contribution in [0.4, 0.5) is 0 Å². The highest BCUT2D eigenvalue weighted by molar-refractivity contribution is 7.25. The summed E-state index contributed by atoms with van der Waals surface area (Å²) in [5.74, 6) is 0. The van der Waals surface area contributed by atoms with Crippen molar-refractivity contribution < 1.29 is 0 Å². The van der Waals surface area contributed by atoms with Gasteiger partial charge in [-0.1, -0.05) is 103 Å². The van der Waals surface area contributed by atoms with Crippen LogP contribution in [0.5, 0.6) is 0 Å². The van der Waals surface area contributed by atoms with Crippen molar-refractivity contribution in [2.45, 2.75) is 0 Å². The van der Waals surface area contributed by atoms with Crippen molar-refractivity contribution in [1.82, 2.24) is 0 Å². The van der Waals surface area contributed by atoms with Crippen LogP contribution in [-0.4, -0.2) is 0 Å². The third-order valence-electron chi connectivity index (χ3n) is 5.92. The highest BCUT2D eigenvalue weighted by atomic mass is 32.1. The fourth-order valence-corrected chi connectivity index (χ4v) is 5.33.